The summed E-state index contributed by atoms with van der Waals surface area (Å²) in [5, 5.41) is 5.36. The Morgan fingerprint density at radius 3 is 2.62 bits per heavy atom. The normalized spacial score (nSPS) is 12.0. The highest BCUT2D eigenvalue weighted by atomic mass is 32.1. The van der Waals surface area contributed by atoms with Crippen LogP contribution in [0.2, 0.25) is 0 Å². The Labute approximate surface area is 190 Å². The summed E-state index contributed by atoms with van der Waals surface area (Å²) in [5.74, 6) is 0.275. The highest BCUT2D eigenvalue weighted by molar-refractivity contribution is 7.17. The molecule has 2 heterocycles. The van der Waals surface area contributed by atoms with E-state index in [2.05, 4.69) is 29.4 Å². The topological polar surface area (TPSA) is 73.2 Å². The number of nitrogens with zero attached hydrogens (tertiary/aromatic N) is 2. The highest BCUT2D eigenvalue weighted by Gasteiger charge is 2.21. The van der Waals surface area contributed by atoms with Crippen LogP contribution in [0.4, 0.5) is 5.69 Å². The van der Waals surface area contributed by atoms with Crippen LogP contribution in [0.25, 0.3) is 21.3 Å². The number of thiophene rings is 1. The second kappa shape index (κ2) is 9.36. The van der Waals surface area contributed by atoms with Crippen molar-refractivity contribution in [1.82, 2.24) is 9.55 Å². The number of rotatable bonds is 7. The third-order valence-corrected chi connectivity index (χ3v) is 6.32. The van der Waals surface area contributed by atoms with E-state index in [0.717, 1.165) is 17.5 Å². The number of carbonyl (C=O) groups is 1. The molecule has 4 rings (SSSR count). The Bertz CT molecular complexity index is 1310. The summed E-state index contributed by atoms with van der Waals surface area (Å²) in [5.41, 5.74) is 3.38. The Balaban J connectivity index is 1.68. The first kappa shape index (κ1) is 21.8. The van der Waals surface area contributed by atoms with Crippen molar-refractivity contribution in [3.63, 3.8) is 0 Å². The van der Waals surface area contributed by atoms with Gasteiger partial charge in [0, 0.05) is 10.9 Å². The maximum atomic E-state index is 13.4. The summed E-state index contributed by atoms with van der Waals surface area (Å²) in [6.45, 7) is 6.17. The van der Waals surface area contributed by atoms with Crippen molar-refractivity contribution in [3.05, 3.63) is 76.2 Å². The zero-order chi connectivity index (χ0) is 22.7. The zero-order valence-corrected chi connectivity index (χ0v) is 19.1. The van der Waals surface area contributed by atoms with Crippen LogP contribution in [0.15, 0.2) is 65.0 Å². The van der Waals surface area contributed by atoms with Gasteiger partial charge in [-0.15, -0.1) is 11.3 Å². The van der Waals surface area contributed by atoms with Gasteiger partial charge in [0.15, 0.2) is 0 Å². The molecule has 1 atom stereocenters. The van der Waals surface area contributed by atoms with Crippen LogP contribution < -0.4 is 15.6 Å². The molecule has 0 spiro atoms. The lowest BCUT2D eigenvalue weighted by Crippen LogP contribution is -2.31. The van der Waals surface area contributed by atoms with Crippen LogP contribution >= 0.6 is 11.3 Å². The van der Waals surface area contributed by atoms with Gasteiger partial charge in [-0.1, -0.05) is 43.3 Å². The number of aryl methyl sites for hydroxylation is 1. The lowest BCUT2D eigenvalue weighted by atomic mass is 10.0. The summed E-state index contributed by atoms with van der Waals surface area (Å²) in [4.78, 5) is 31.5. The predicted molar refractivity (Wildman–Crippen MR) is 130 cm³/mol. The Morgan fingerprint density at radius 2 is 1.91 bits per heavy atom. The average Bonchev–Trinajstić information content (AvgIpc) is 3.25. The number of amides is 1. The second-order valence-corrected chi connectivity index (χ2v) is 8.29. The first-order chi connectivity index (χ1) is 15.5. The number of ether oxygens (including phenoxy) is 1. The van der Waals surface area contributed by atoms with Crippen molar-refractivity contribution < 1.29 is 9.53 Å². The number of hydrogen-bond donors (Lipinski definition) is 1. The van der Waals surface area contributed by atoms with Crippen molar-refractivity contribution >= 4 is 33.1 Å². The van der Waals surface area contributed by atoms with Crippen molar-refractivity contribution in [2.75, 3.05) is 11.9 Å². The van der Waals surface area contributed by atoms with Crippen molar-refractivity contribution in [2.24, 2.45) is 0 Å². The molecule has 0 bridgehead atoms. The molecular formula is C25H25N3O3S. The van der Waals surface area contributed by atoms with E-state index in [1.165, 1.54) is 27.8 Å². The van der Waals surface area contributed by atoms with Crippen LogP contribution in [-0.4, -0.2) is 22.1 Å². The number of aromatic nitrogens is 2. The molecule has 6 nitrogen and oxygen atoms in total. The fourth-order valence-corrected chi connectivity index (χ4v) is 4.48. The molecule has 1 unspecified atom stereocenters. The Hall–Kier alpha value is -3.45. The molecule has 32 heavy (non-hydrogen) atoms. The molecule has 0 aliphatic heterocycles. The zero-order valence-electron chi connectivity index (χ0n) is 18.3. The van der Waals surface area contributed by atoms with Gasteiger partial charge >= 0.3 is 0 Å². The van der Waals surface area contributed by atoms with Crippen LogP contribution in [0.3, 0.4) is 0 Å². The third kappa shape index (κ3) is 4.16. The molecule has 2 aromatic carbocycles. The molecule has 0 fully saturated rings. The van der Waals surface area contributed by atoms with Gasteiger partial charge in [-0.2, -0.15) is 0 Å². The standard InChI is InChI=1S/C25H25N3O3S/c1-4-17-10-12-18(13-11-17)19-14-32-24-22(19)25(30)28(15-26-24)16(3)23(29)27-20-8-6-7-9-21(20)31-5-2/h6-16H,4-5H2,1-3H3,(H,27,29). The minimum Gasteiger partial charge on any atom is -0.492 e. The summed E-state index contributed by atoms with van der Waals surface area (Å²) >= 11 is 1.43. The SMILES string of the molecule is CCOc1ccccc1NC(=O)C(C)n1cnc2scc(-c3ccc(CC)cc3)c2c1=O. The number of nitrogens with one attached hydrogen (secondary N) is 1. The van der Waals surface area contributed by atoms with Crippen LogP contribution in [0.1, 0.15) is 32.4 Å². The summed E-state index contributed by atoms with van der Waals surface area (Å²) in [6, 6.07) is 14.7. The van der Waals surface area contributed by atoms with Crippen molar-refractivity contribution in [1.29, 1.82) is 0 Å². The predicted octanol–water partition coefficient (Wildman–Crippen LogP) is 5.29. The summed E-state index contributed by atoms with van der Waals surface area (Å²) < 4.78 is 6.97. The molecule has 0 radical (unpaired) electrons. The minimum absolute atomic E-state index is 0.230. The molecule has 0 saturated heterocycles. The monoisotopic (exact) mass is 447 g/mol. The van der Waals surface area contributed by atoms with E-state index < -0.39 is 6.04 Å². The van der Waals surface area contributed by atoms with Gasteiger partial charge in [-0.3, -0.25) is 14.2 Å². The fraction of sp³-hybridized carbons (Fsp3) is 0.240. The Kier molecular flexibility index (Phi) is 6.37. The number of fused-ring (bicyclic) bond motifs is 1. The van der Waals surface area contributed by atoms with Gasteiger partial charge in [-0.25, -0.2) is 4.98 Å². The molecule has 1 amide bonds. The largest absolute Gasteiger partial charge is 0.492 e. The fourth-order valence-electron chi connectivity index (χ4n) is 3.57. The average molecular weight is 448 g/mol. The highest BCUT2D eigenvalue weighted by Crippen LogP contribution is 2.31. The van der Waals surface area contributed by atoms with Crippen LogP contribution in [0.5, 0.6) is 5.75 Å². The molecule has 7 heteroatoms. The van der Waals surface area contributed by atoms with Crippen molar-refractivity contribution in [2.45, 2.75) is 33.2 Å². The van der Waals surface area contributed by atoms with E-state index in [1.807, 2.05) is 36.6 Å². The smallest absolute Gasteiger partial charge is 0.263 e. The van der Waals surface area contributed by atoms with E-state index in [0.29, 0.717) is 28.3 Å². The summed E-state index contributed by atoms with van der Waals surface area (Å²) in [7, 11) is 0. The first-order valence-electron chi connectivity index (χ1n) is 10.6. The van der Waals surface area contributed by atoms with Gasteiger partial charge in [0.2, 0.25) is 5.91 Å². The van der Waals surface area contributed by atoms with Crippen molar-refractivity contribution in [3.8, 4) is 16.9 Å². The van der Waals surface area contributed by atoms with Gasteiger partial charge in [-0.05, 0) is 43.5 Å². The van der Waals surface area contributed by atoms with E-state index in [4.69, 9.17) is 4.74 Å². The first-order valence-corrected chi connectivity index (χ1v) is 11.5. The van der Waals surface area contributed by atoms with E-state index >= 15 is 0 Å². The van der Waals surface area contributed by atoms with Crippen LogP contribution in [-0.2, 0) is 11.2 Å². The summed E-state index contributed by atoms with van der Waals surface area (Å²) in [6.07, 6.45) is 2.40. The van der Waals surface area contributed by atoms with Crippen LogP contribution in [0, 0.1) is 0 Å². The number of carbonyl (C=O) groups excluding carboxylic acids is 1. The van der Waals surface area contributed by atoms with Gasteiger partial charge < -0.3 is 10.1 Å². The molecule has 1 N–H and O–H groups in total. The van der Waals surface area contributed by atoms with E-state index in [9.17, 15) is 9.59 Å². The second-order valence-electron chi connectivity index (χ2n) is 7.43. The molecule has 164 valence electrons. The van der Waals surface area contributed by atoms with E-state index in [1.54, 1.807) is 19.1 Å². The molecule has 0 aliphatic carbocycles. The number of anilines is 1. The van der Waals surface area contributed by atoms with Gasteiger partial charge in [0.25, 0.3) is 5.56 Å². The molecule has 2 aromatic heterocycles. The minimum atomic E-state index is -0.746. The Morgan fingerprint density at radius 1 is 1.16 bits per heavy atom. The number of benzene rings is 2. The molecule has 0 saturated carbocycles. The molecule has 0 aliphatic rings. The number of para-hydroxylation sites is 2. The lowest BCUT2D eigenvalue weighted by Gasteiger charge is -2.17. The number of hydrogen-bond acceptors (Lipinski definition) is 5. The van der Waals surface area contributed by atoms with Gasteiger partial charge in [0.05, 0.1) is 24.0 Å². The lowest BCUT2D eigenvalue weighted by molar-refractivity contribution is -0.118. The maximum Gasteiger partial charge on any atom is 0.263 e. The quantitative estimate of drug-likeness (QED) is 0.418. The third-order valence-electron chi connectivity index (χ3n) is 5.43. The van der Waals surface area contributed by atoms with E-state index in [-0.39, 0.29) is 11.5 Å². The maximum absolute atomic E-state index is 13.4. The molecule has 4 aromatic rings. The van der Waals surface area contributed by atoms with Gasteiger partial charge in [0.1, 0.15) is 16.6 Å². The molecular weight excluding hydrogens is 422 g/mol.